The molecule has 0 bridgehead atoms. The summed E-state index contributed by atoms with van der Waals surface area (Å²) in [5, 5.41) is 6.44. The van der Waals surface area contributed by atoms with Gasteiger partial charge in [0.25, 0.3) is 5.56 Å². The maximum atomic E-state index is 11.9. The largest absolute Gasteiger partial charge is 0.497 e. The van der Waals surface area contributed by atoms with Gasteiger partial charge in [0.2, 0.25) is 5.91 Å². The molecule has 20 heavy (non-hydrogen) atoms. The number of rotatable bonds is 4. The summed E-state index contributed by atoms with van der Waals surface area (Å²) in [5.41, 5.74) is 5.66. The maximum absolute atomic E-state index is 11.9. The molecule has 7 heteroatoms. The van der Waals surface area contributed by atoms with Crippen LogP contribution >= 0.6 is 0 Å². The maximum Gasteiger partial charge on any atom is 0.267 e. The van der Waals surface area contributed by atoms with Gasteiger partial charge in [0.1, 0.15) is 18.1 Å². The highest BCUT2D eigenvalue weighted by Crippen LogP contribution is 2.16. The van der Waals surface area contributed by atoms with Crippen LogP contribution in [0.3, 0.4) is 0 Å². The summed E-state index contributed by atoms with van der Waals surface area (Å²) in [4.78, 5) is 23.4. The molecule has 0 spiro atoms. The first-order valence-electron chi connectivity index (χ1n) is 5.86. The van der Waals surface area contributed by atoms with Crippen molar-refractivity contribution in [3.8, 4) is 5.75 Å². The predicted molar refractivity (Wildman–Crippen MR) is 74.5 cm³/mol. The van der Waals surface area contributed by atoms with Gasteiger partial charge in [-0.3, -0.25) is 9.59 Å². The third-order valence-electron chi connectivity index (χ3n) is 2.53. The number of nitrogens with two attached hydrogens (primary N) is 1. The molecule has 0 saturated heterocycles. The number of methoxy groups -OCH3 is 1. The summed E-state index contributed by atoms with van der Waals surface area (Å²) in [5.74, 6) is 0.430. The molecule has 3 N–H and O–H groups in total. The van der Waals surface area contributed by atoms with Crippen LogP contribution in [-0.4, -0.2) is 22.8 Å². The summed E-state index contributed by atoms with van der Waals surface area (Å²) in [6.07, 6.45) is 0. The first kappa shape index (κ1) is 13.6. The highest BCUT2D eigenvalue weighted by atomic mass is 16.5. The van der Waals surface area contributed by atoms with E-state index in [0.29, 0.717) is 11.4 Å². The van der Waals surface area contributed by atoms with Crippen LogP contribution < -0.4 is 21.3 Å². The molecule has 104 valence electrons. The minimum absolute atomic E-state index is 0.179. The molecule has 7 nitrogen and oxygen atoms in total. The van der Waals surface area contributed by atoms with E-state index in [4.69, 9.17) is 10.5 Å². The van der Waals surface area contributed by atoms with Crippen LogP contribution in [0.4, 0.5) is 11.5 Å². The van der Waals surface area contributed by atoms with Gasteiger partial charge >= 0.3 is 0 Å². The Hall–Kier alpha value is -2.83. The lowest BCUT2D eigenvalue weighted by molar-refractivity contribution is -0.117. The molecular weight excluding hydrogens is 260 g/mol. The van der Waals surface area contributed by atoms with Crippen molar-refractivity contribution in [1.82, 2.24) is 9.78 Å². The molecule has 0 saturated carbocycles. The number of nitrogens with one attached hydrogen (secondary N) is 1. The average molecular weight is 274 g/mol. The van der Waals surface area contributed by atoms with Crippen molar-refractivity contribution in [3.05, 3.63) is 46.8 Å². The molecule has 1 aromatic carbocycles. The summed E-state index contributed by atoms with van der Waals surface area (Å²) in [7, 11) is 1.54. The molecule has 2 rings (SSSR count). The number of aromatic nitrogens is 2. The highest BCUT2D eigenvalue weighted by molar-refractivity contribution is 5.90. The van der Waals surface area contributed by atoms with Gasteiger partial charge in [0.15, 0.2) is 0 Å². The quantitative estimate of drug-likeness (QED) is 0.844. The Bertz CT molecular complexity index is 681. The highest BCUT2D eigenvalue weighted by Gasteiger charge is 2.07. The molecular formula is C13H14N4O3. The van der Waals surface area contributed by atoms with Crippen molar-refractivity contribution >= 4 is 17.4 Å². The minimum atomic E-state index is -0.389. The van der Waals surface area contributed by atoms with Crippen molar-refractivity contribution < 1.29 is 9.53 Å². The molecule has 2 aromatic rings. The van der Waals surface area contributed by atoms with Crippen molar-refractivity contribution in [3.63, 3.8) is 0 Å². The average Bonchev–Trinajstić information content (AvgIpc) is 2.43. The third kappa shape index (κ3) is 3.35. The zero-order valence-corrected chi connectivity index (χ0v) is 10.9. The van der Waals surface area contributed by atoms with Crippen LogP contribution in [0.2, 0.25) is 0 Å². The third-order valence-corrected chi connectivity index (χ3v) is 2.53. The molecule has 0 aliphatic rings. The lowest BCUT2D eigenvalue weighted by Gasteiger charge is -2.08. The van der Waals surface area contributed by atoms with Gasteiger partial charge in [-0.25, -0.2) is 4.68 Å². The Balaban J connectivity index is 2.09. The van der Waals surface area contributed by atoms with E-state index in [0.717, 1.165) is 4.68 Å². The first-order chi connectivity index (χ1) is 9.58. The molecule has 0 aliphatic carbocycles. The minimum Gasteiger partial charge on any atom is -0.497 e. The Kier molecular flexibility index (Phi) is 3.99. The smallest absolute Gasteiger partial charge is 0.267 e. The van der Waals surface area contributed by atoms with Crippen LogP contribution in [-0.2, 0) is 11.3 Å². The van der Waals surface area contributed by atoms with Crippen LogP contribution in [0, 0.1) is 0 Å². The van der Waals surface area contributed by atoms with Crippen molar-refractivity contribution in [2.24, 2.45) is 0 Å². The summed E-state index contributed by atoms with van der Waals surface area (Å²) in [6.45, 7) is -0.207. The Morgan fingerprint density at radius 2 is 2.20 bits per heavy atom. The molecule has 1 amide bonds. The van der Waals surface area contributed by atoms with E-state index in [-0.39, 0.29) is 23.8 Å². The lowest BCUT2D eigenvalue weighted by Crippen LogP contribution is -2.29. The second-order valence-electron chi connectivity index (χ2n) is 4.03. The Labute approximate surface area is 115 Å². The SMILES string of the molecule is COc1cccc(NC(=O)Cn2nc(N)ccc2=O)c1. The van der Waals surface area contributed by atoms with E-state index in [1.165, 1.54) is 19.2 Å². The number of benzene rings is 1. The molecule has 0 unspecified atom stereocenters. The van der Waals surface area contributed by atoms with Crippen molar-refractivity contribution in [1.29, 1.82) is 0 Å². The molecule has 0 atom stereocenters. The number of amides is 1. The normalized spacial score (nSPS) is 10.1. The van der Waals surface area contributed by atoms with Gasteiger partial charge in [0, 0.05) is 17.8 Å². The van der Waals surface area contributed by atoms with Crippen molar-refractivity contribution in [2.75, 3.05) is 18.2 Å². The van der Waals surface area contributed by atoms with Gasteiger partial charge in [0.05, 0.1) is 7.11 Å². The number of nitrogens with zero attached hydrogens (tertiary/aromatic N) is 2. The van der Waals surface area contributed by atoms with Gasteiger partial charge in [-0.1, -0.05) is 6.07 Å². The van der Waals surface area contributed by atoms with E-state index in [1.54, 1.807) is 24.3 Å². The fraction of sp³-hybridized carbons (Fsp3) is 0.154. The molecule has 0 radical (unpaired) electrons. The molecule has 0 fully saturated rings. The van der Waals surface area contributed by atoms with Crippen LogP contribution in [0.15, 0.2) is 41.2 Å². The standard InChI is InChI=1S/C13H14N4O3/c1-20-10-4-2-3-9(7-10)15-12(18)8-17-13(19)6-5-11(14)16-17/h2-7H,8H2,1H3,(H2,14,16)(H,15,18). The van der Waals surface area contributed by atoms with Crippen molar-refractivity contribution in [2.45, 2.75) is 6.54 Å². The Morgan fingerprint density at radius 3 is 2.95 bits per heavy atom. The molecule has 1 aromatic heterocycles. The lowest BCUT2D eigenvalue weighted by atomic mass is 10.3. The van der Waals surface area contributed by atoms with E-state index in [9.17, 15) is 9.59 Å². The van der Waals surface area contributed by atoms with E-state index in [2.05, 4.69) is 10.4 Å². The van der Waals surface area contributed by atoms with Gasteiger partial charge in [-0.05, 0) is 18.2 Å². The molecule has 1 heterocycles. The van der Waals surface area contributed by atoms with Gasteiger partial charge < -0.3 is 15.8 Å². The topological polar surface area (TPSA) is 99.2 Å². The fourth-order valence-corrected chi connectivity index (χ4v) is 1.62. The number of nitrogen functional groups attached to an aromatic ring is 1. The first-order valence-corrected chi connectivity index (χ1v) is 5.86. The van der Waals surface area contributed by atoms with E-state index < -0.39 is 0 Å². The number of hydrogen-bond donors (Lipinski definition) is 2. The summed E-state index contributed by atoms with van der Waals surface area (Å²) in [6, 6.07) is 9.56. The fourth-order valence-electron chi connectivity index (χ4n) is 1.62. The Morgan fingerprint density at radius 1 is 1.40 bits per heavy atom. The zero-order chi connectivity index (χ0) is 14.5. The van der Waals surface area contributed by atoms with Crippen LogP contribution in [0.25, 0.3) is 0 Å². The number of carbonyl (C=O) groups excluding carboxylic acids is 1. The zero-order valence-electron chi connectivity index (χ0n) is 10.9. The van der Waals surface area contributed by atoms with Crippen LogP contribution in [0.1, 0.15) is 0 Å². The monoisotopic (exact) mass is 274 g/mol. The van der Waals surface area contributed by atoms with Crippen LogP contribution in [0.5, 0.6) is 5.75 Å². The number of ether oxygens (including phenoxy) is 1. The van der Waals surface area contributed by atoms with E-state index in [1.807, 2.05) is 0 Å². The van der Waals surface area contributed by atoms with E-state index >= 15 is 0 Å². The summed E-state index contributed by atoms with van der Waals surface area (Å²) >= 11 is 0. The molecule has 0 aliphatic heterocycles. The number of hydrogen-bond acceptors (Lipinski definition) is 5. The second-order valence-corrected chi connectivity index (χ2v) is 4.03. The second kappa shape index (κ2) is 5.87. The number of anilines is 2. The predicted octanol–water partition coefficient (Wildman–Crippen LogP) is 0.473. The van der Waals surface area contributed by atoms with Gasteiger partial charge in [-0.15, -0.1) is 0 Å². The number of carbonyl (C=O) groups is 1. The van der Waals surface area contributed by atoms with Gasteiger partial charge in [-0.2, -0.15) is 5.10 Å². The summed E-state index contributed by atoms with van der Waals surface area (Å²) < 4.78 is 6.06.